The Morgan fingerprint density at radius 1 is 1.16 bits per heavy atom. The van der Waals surface area contributed by atoms with Gasteiger partial charge >= 0.3 is 0 Å². The number of alkyl halides is 2. The number of halogens is 2. The number of aromatic amines is 1. The van der Waals surface area contributed by atoms with E-state index in [2.05, 4.69) is 29.3 Å². The molecule has 9 atom stereocenters. The van der Waals surface area contributed by atoms with Crippen LogP contribution in [-0.4, -0.2) is 80.2 Å². The third kappa shape index (κ3) is 2.67. The van der Waals surface area contributed by atoms with Crippen LogP contribution in [0.2, 0.25) is 0 Å². The number of nitrogens with zero attached hydrogens (tertiary/aromatic N) is 2. The second-order valence-corrected chi connectivity index (χ2v) is 12.9. The first kappa shape index (κ1) is 24.0. The summed E-state index contributed by atoms with van der Waals surface area (Å²) in [5, 5.41) is 29.8. The molecule has 3 unspecified atom stereocenters. The number of aliphatic hydroxyl groups excluding tert-OH is 2. The Morgan fingerprint density at radius 3 is 2.70 bits per heavy atom. The zero-order valence-corrected chi connectivity index (χ0v) is 21.6. The third-order valence-electron chi connectivity index (χ3n) is 11.2. The molecule has 3 aliphatic carbocycles. The molecule has 2 bridgehead atoms. The molecule has 5 aliphatic rings. The zero-order chi connectivity index (χ0) is 26.2. The molecule has 7 rings (SSSR count). The predicted octanol–water partition coefficient (Wildman–Crippen LogP) is 3.51. The number of nitrogen functional groups attached to an aromatic ring is 1. The summed E-state index contributed by atoms with van der Waals surface area (Å²) < 4.78 is 40.9. The highest BCUT2D eigenvalue weighted by Gasteiger charge is 2.82. The van der Waals surface area contributed by atoms with Gasteiger partial charge in [-0.15, -0.1) is 0 Å². The van der Waals surface area contributed by atoms with Crippen molar-refractivity contribution >= 4 is 22.3 Å². The molecule has 0 amide bonds. The minimum atomic E-state index is -2.33. The number of anilines is 1. The van der Waals surface area contributed by atoms with Gasteiger partial charge in [-0.25, -0.2) is 8.78 Å². The van der Waals surface area contributed by atoms with Crippen molar-refractivity contribution in [3.8, 4) is 0 Å². The Labute approximate surface area is 215 Å². The topological polar surface area (TPSA) is 108 Å². The van der Waals surface area contributed by atoms with Gasteiger partial charge in [-0.2, -0.15) is 5.10 Å². The number of aromatic nitrogens is 2. The van der Waals surface area contributed by atoms with E-state index in [4.69, 9.17) is 10.5 Å². The summed E-state index contributed by atoms with van der Waals surface area (Å²) in [6, 6.07) is 5.60. The molecule has 1 aromatic heterocycles. The highest BCUT2D eigenvalue weighted by Crippen LogP contribution is 2.74. The number of hydrogen-bond donors (Lipinski definition) is 4. The van der Waals surface area contributed by atoms with Crippen LogP contribution >= 0.6 is 0 Å². The lowest BCUT2D eigenvalue weighted by Gasteiger charge is -2.65. The first-order valence-corrected chi connectivity index (χ1v) is 13.5. The molecule has 2 saturated heterocycles. The van der Waals surface area contributed by atoms with E-state index in [9.17, 15) is 10.2 Å². The third-order valence-corrected chi connectivity index (χ3v) is 11.2. The van der Waals surface area contributed by atoms with Crippen LogP contribution in [0.25, 0.3) is 16.5 Å². The molecule has 4 fully saturated rings. The van der Waals surface area contributed by atoms with Crippen LogP contribution < -0.4 is 5.73 Å². The summed E-state index contributed by atoms with van der Waals surface area (Å²) in [5.74, 6) is 0.309. The first-order chi connectivity index (χ1) is 17.4. The summed E-state index contributed by atoms with van der Waals surface area (Å²) in [7, 11) is 3.62. The summed E-state index contributed by atoms with van der Waals surface area (Å²) >= 11 is 0. The highest BCUT2D eigenvalue weighted by molar-refractivity contribution is 5.91. The fourth-order valence-corrected chi connectivity index (χ4v) is 9.18. The lowest BCUT2D eigenvalue weighted by atomic mass is 9.51. The van der Waals surface area contributed by atoms with E-state index in [1.807, 2.05) is 31.1 Å². The van der Waals surface area contributed by atoms with E-state index in [1.54, 1.807) is 0 Å². The summed E-state index contributed by atoms with van der Waals surface area (Å²) in [5.41, 5.74) is 2.01. The molecule has 5 N–H and O–H groups in total. The Kier molecular flexibility index (Phi) is 4.61. The number of nitrogens with two attached hydrogens (primary N) is 1. The molecule has 200 valence electrons. The summed E-state index contributed by atoms with van der Waals surface area (Å²) in [6.07, 6.45) is 1.11. The average molecular weight is 515 g/mol. The molecule has 2 aliphatic heterocycles. The molecular weight excluding hydrogens is 478 g/mol. The van der Waals surface area contributed by atoms with Gasteiger partial charge in [-0.1, -0.05) is 19.1 Å². The largest absolute Gasteiger partial charge is 0.389 e. The van der Waals surface area contributed by atoms with Crippen molar-refractivity contribution in [3.63, 3.8) is 0 Å². The highest BCUT2D eigenvalue weighted by atomic mass is 19.2. The summed E-state index contributed by atoms with van der Waals surface area (Å²) in [4.78, 5) is 1.81. The number of rotatable bonds is 2. The van der Waals surface area contributed by atoms with Crippen molar-refractivity contribution in [3.05, 3.63) is 29.8 Å². The Bertz CT molecular complexity index is 1330. The molecule has 3 heterocycles. The van der Waals surface area contributed by atoms with E-state index >= 15 is 8.78 Å². The minimum absolute atomic E-state index is 0.151. The minimum Gasteiger partial charge on any atom is -0.389 e. The number of ether oxygens (including phenoxy) is 1. The maximum Gasteiger partial charge on any atom is 0.171 e. The number of likely N-dealkylation sites (N-methyl/N-ethyl adjacent to an activating group) is 1. The summed E-state index contributed by atoms with van der Waals surface area (Å²) in [6.45, 7) is 2.20. The van der Waals surface area contributed by atoms with Crippen molar-refractivity contribution in [2.24, 2.45) is 11.3 Å². The molecule has 0 radical (unpaired) electrons. The average Bonchev–Trinajstić information content (AvgIpc) is 3.52. The van der Waals surface area contributed by atoms with Crippen molar-refractivity contribution in [1.82, 2.24) is 15.1 Å². The smallest absolute Gasteiger partial charge is 0.171 e. The second-order valence-electron chi connectivity index (χ2n) is 12.9. The van der Waals surface area contributed by atoms with Crippen LogP contribution in [0.3, 0.4) is 0 Å². The van der Waals surface area contributed by atoms with Crippen LogP contribution in [0.15, 0.2) is 24.3 Å². The van der Waals surface area contributed by atoms with Crippen molar-refractivity contribution in [1.29, 1.82) is 0 Å². The standard InChI is InChI=1S/C28H36F2N4O3/c1-24-8-9-25(29)14-27(30)22(36)21(35)19(34(2)3)13-26(27)10-11-28(25,37-26)20(24)7-6-17(24)15-4-5-16-18(12-15)32-33-23(16)31/h4-6,12,19-22,35-36H,7-11,13-14H2,1-3H3,(H3,31,32,33)/t19-,20?,21+,22-,24+,25?,26+,27?,28-/m0/s1. The van der Waals surface area contributed by atoms with Gasteiger partial charge < -0.3 is 25.6 Å². The number of fused-ring (bicyclic) bond motifs is 2. The molecule has 37 heavy (non-hydrogen) atoms. The Hall–Kier alpha value is -2.07. The number of H-pyrrole nitrogens is 1. The van der Waals surface area contributed by atoms with Crippen molar-refractivity contribution < 1.29 is 23.7 Å². The van der Waals surface area contributed by atoms with Gasteiger partial charge in [0.1, 0.15) is 23.0 Å². The van der Waals surface area contributed by atoms with E-state index in [1.165, 1.54) is 0 Å². The number of benzene rings is 1. The van der Waals surface area contributed by atoms with Gasteiger partial charge in [-0.3, -0.25) is 5.10 Å². The van der Waals surface area contributed by atoms with E-state index < -0.39 is 47.2 Å². The van der Waals surface area contributed by atoms with Gasteiger partial charge in [-0.05, 0) is 81.3 Å². The van der Waals surface area contributed by atoms with Gasteiger partial charge in [0.2, 0.25) is 0 Å². The SMILES string of the molecule is CN(C)[C@H]1C[C@@]23CC[C@]4(O2)C2CC=C(c5ccc6c(N)n[nH]c6c5)[C@@]2(C)CCC4(F)CC3(F)[C@@H](O)[C@@H]1O. The Balaban J connectivity index is 1.29. The molecule has 2 aromatic rings. The van der Waals surface area contributed by atoms with E-state index in [0.717, 1.165) is 22.0 Å². The predicted molar refractivity (Wildman–Crippen MR) is 136 cm³/mol. The van der Waals surface area contributed by atoms with Crippen LogP contribution in [0, 0.1) is 11.3 Å². The number of aliphatic hydroxyl groups is 2. The quantitative estimate of drug-likeness (QED) is 0.489. The lowest BCUT2D eigenvalue weighted by molar-refractivity contribution is -0.347. The van der Waals surface area contributed by atoms with E-state index in [0.29, 0.717) is 31.5 Å². The molecule has 2 spiro atoms. The molecule has 2 saturated carbocycles. The molecule has 7 nitrogen and oxygen atoms in total. The van der Waals surface area contributed by atoms with Crippen molar-refractivity contribution in [2.75, 3.05) is 19.8 Å². The van der Waals surface area contributed by atoms with Crippen molar-refractivity contribution in [2.45, 2.75) is 92.7 Å². The monoisotopic (exact) mass is 514 g/mol. The first-order valence-electron chi connectivity index (χ1n) is 13.5. The lowest BCUT2D eigenvalue weighted by Crippen LogP contribution is -2.78. The van der Waals surface area contributed by atoms with E-state index in [-0.39, 0.29) is 24.2 Å². The van der Waals surface area contributed by atoms with Crippen LogP contribution in [0.5, 0.6) is 0 Å². The van der Waals surface area contributed by atoms with Crippen LogP contribution in [-0.2, 0) is 4.74 Å². The van der Waals surface area contributed by atoms with Gasteiger partial charge in [0.15, 0.2) is 11.5 Å². The molecular formula is C28H36F2N4O3. The van der Waals surface area contributed by atoms with Gasteiger partial charge in [0.05, 0.1) is 11.6 Å². The molecule has 9 heteroatoms. The Morgan fingerprint density at radius 2 is 1.95 bits per heavy atom. The second kappa shape index (κ2) is 7.11. The fraction of sp³-hybridized carbons (Fsp3) is 0.679. The number of nitrogens with one attached hydrogen (secondary N) is 1. The number of allylic oxidation sites excluding steroid dienone is 2. The fourth-order valence-electron chi connectivity index (χ4n) is 9.18. The maximum atomic E-state index is 17.2. The normalized spacial score (nSPS) is 48.6. The number of hydrogen-bond acceptors (Lipinski definition) is 6. The molecule has 1 aromatic carbocycles. The van der Waals surface area contributed by atoms with Crippen LogP contribution in [0.1, 0.15) is 57.4 Å². The van der Waals surface area contributed by atoms with Gasteiger partial charge in [0, 0.05) is 23.8 Å². The zero-order valence-electron chi connectivity index (χ0n) is 21.6. The van der Waals surface area contributed by atoms with Gasteiger partial charge in [0.25, 0.3) is 0 Å². The maximum absolute atomic E-state index is 17.2. The van der Waals surface area contributed by atoms with Crippen LogP contribution in [0.4, 0.5) is 14.6 Å².